The van der Waals surface area contributed by atoms with Crippen LogP contribution in [0.3, 0.4) is 0 Å². The molecule has 0 N–H and O–H groups in total. The van der Waals surface area contributed by atoms with Crippen molar-refractivity contribution in [2.45, 2.75) is 11.4 Å². The summed E-state index contributed by atoms with van der Waals surface area (Å²) < 4.78 is 319. The molecule has 0 aliphatic heterocycles. The van der Waals surface area contributed by atoms with Gasteiger partial charge in [0, 0.05) is 29.3 Å². The molecule has 1 heterocycles. The first-order chi connectivity index (χ1) is 30.7. The predicted molar refractivity (Wildman–Crippen MR) is 192 cm³/mol. The van der Waals surface area contributed by atoms with Crippen LogP contribution in [0.2, 0.25) is 0 Å². The maximum atomic E-state index is 15.4. The van der Waals surface area contributed by atoms with Gasteiger partial charge in [0.25, 0.3) is 0 Å². The van der Waals surface area contributed by atoms with E-state index in [1.54, 1.807) is 12.1 Å². The summed E-state index contributed by atoms with van der Waals surface area (Å²) in [6.07, 6.45) is -3.96. The van der Waals surface area contributed by atoms with Crippen LogP contribution in [-0.4, -0.2) is 20.8 Å². The molecule has 0 amide bonds. The summed E-state index contributed by atoms with van der Waals surface area (Å²) in [6.45, 7) is 0.714. The number of benzene rings is 6. The Bertz CT molecular complexity index is 2870. The average Bonchev–Trinajstić information content (AvgIpc) is 3.29. The first-order valence-corrected chi connectivity index (χ1v) is 19.5. The summed E-state index contributed by atoms with van der Waals surface area (Å²) in [5.74, 6) is -71.4. The number of hydrogen-bond acceptors (Lipinski definition) is 2. The van der Waals surface area contributed by atoms with Gasteiger partial charge >= 0.3 is 0 Å². The highest BCUT2D eigenvalue weighted by molar-refractivity contribution is 7.90. The van der Waals surface area contributed by atoms with Crippen LogP contribution in [0.15, 0.2) is 71.8 Å². The minimum Gasteiger partial charge on any atom is -0.224 e. The van der Waals surface area contributed by atoms with Crippen molar-refractivity contribution in [2.75, 3.05) is 6.26 Å². The fourth-order valence-corrected chi connectivity index (χ4v) is 7.90. The van der Waals surface area contributed by atoms with E-state index in [-0.39, 0.29) is 0 Å². The molecule has 0 radical (unpaired) electrons. The Hall–Kier alpha value is -6.66. The smallest absolute Gasteiger partial charge is 0.212 e. The molecule has 0 aliphatic carbocycles. The lowest BCUT2D eigenvalue weighted by molar-refractivity contribution is -0.662. The zero-order valence-electron chi connectivity index (χ0n) is 31.9. The standard InChI is InChI=1S/C24BF20.C17H16NO2S/c26-5-1(6(27)14(35)21(42)13(5)34)25(2-7(28)15(36)22(43)16(37)8(2)29,3-9(30)17(38)23(44)18(39)10(3)31)4-11(32)19(40)24(45)20(41)12(4)33;1-21(19,20)16-10-8-14(9-11-16)13-18-12-4-6-15-5-2-3-7-17(15)18/h;2-12H,13H2,1H3/q-1;+1. The number of halogens is 20. The summed E-state index contributed by atoms with van der Waals surface area (Å²) >= 11 is 0. The third-order valence-electron chi connectivity index (χ3n) is 10.2. The van der Waals surface area contributed by atoms with Crippen molar-refractivity contribution in [3.05, 3.63) is 189 Å². The van der Waals surface area contributed by atoms with Gasteiger partial charge in [-0.25, -0.2) is 96.2 Å². The molecule has 0 spiro atoms. The van der Waals surface area contributed by atoms with Gasteiger partial charge in [0.15, 0.2) is 92.4 Å². The second-order valence-corrected chi connectivity index (χ2v) is 15.9. The first-order valence-electron chi connectivity index (χ1n) is 17.6. The van der Waals surface area contributed by atoms with E-state index < -0.39 is 154 Å². The van der Waals surface area contributed by atoms with Crippen LogP contribution < -0.4 is 26.4 Å². The number of para-hydroxylation sites is 1. The van der Waals surface area contributed by atoms with Crippen molar-refractivity contribution >= 4 is 48.7 Å². The number of sulfone groups is 1. The van der Waals surface area contributed by atoms with E-state index in [1.807, 2.05) is 36.5 Å². The molecule has 0 atom stereocenters. The number of nitrogens with zero attached hydrogens (tertiary/aromatic N) is 1. The zero-order chi connectivity index (χ0) is 49.2. The van der Waals surface area contributed by atoms with Crippen molar-refractivity contribution in [1.82, 2.24) is 0 Å². The molecule has 3 nitrogen and oxygen atoms in total. The number of hydrogen-bond donors (Lipinski definition) is 0. The molecule has 1 aromatic heterocycles. The summed E-state index contributed by atoms with van der Waals surface area (Å²) in [5.41, 5.74) is -12.1. The Kier molecular flexibility index (Phi) is 13.0. The third-order valence-corrected chi connectivity index (χ3v) is 11.3. The van der Waals surface area contributed by atoms with E-state index in [4.69, 9.17) is 0 Å². The monoisotopic (exact) mass is 977 g/mol. The van der Waals surface area contributed by atoms with Crippen LogP contribution in [-0.2, 0) is 16.4 Å². The van der Waals surface area contributed by atoms with Gasteiger partial charge in [0.05, 0.1) is 4.90 Å². The third kappa shape index (κ3) is 7.64. The van der Waals surface area contributed by atoms with Gasteiger partial charge < -0.3 is 0 Å². The Morgan fingerprint density at radius 3 is 0.955 bits per heavy atom. The Labute approximate surface area is 355 Å². The zero-order valence-corrected chi connectivity index (χ0v) is 32.7. The highest BCUT2D eigenvalue weighted by atomic mass is 32.2. The average molecular weight is 977 g/mol. The molecule has 25 heteroatoms. The highest BCUT2D eigenvalue weighted by Gasteiger charge is 2.52. The van der Waals surface area contributed by atoms with Crippen LogP contribution in [0.25, 0.3) is 10.9 Å². The van der Waals surface area contributed by atoms with Gasteiger partial charge in [-0.2, -0.15) is 4.57 Å². The van der Waals surface area contributed by atoms with Gasteiger partial charge in [-0.3, -0.25) is 0 Å². The summed E-state index contributed by atoms with van der Waals surface area (Å²) in [6, 6.07) is 19.4. The quantitative estimate of drug-likeness (QED) is 0.0530. The molecular formula is C41H16BF20NO2S. The van der Waals surface area contributed by atoms with Crippen LogP contribution in [0.4, 0.5) is 87.8 Å². The number of rotatable bonds is 7. The molecule has 346 valence electrons. The van der Waals surface area contributed by atoms with Gasteiger partial charge in [0.2, 0.25) is 5.52 Å². The van der Waals surface area contributed by atoms with E-state index >= 15 is 35.1 Å². The molecular weight excluding hydrogens is 961 g/mol. The summed E-state index contributed by atoms with van der Waals surface area (Å²) in [4.78, 5) is 0.356. The van der Waals surface area contributed by atoms with Crippen LogP contribution >= 0.6 is 0 Å². The molecule has 7 aromatic rings. The Balaban J connectivity index is 0.000000284. The highest BCUT2D eigenvalue weighted by Crippen LogP contribution is 2.31. The molecule has 7 rings (SSSR count). The molecule has 0 fully saturated rings. The Morgan fingerprint density at radius 2 is 0.652 bits per heavy atom. The number of pyridine rings is 1. The maximum Gasteiger partial charge on any atom is 0.212 e. The van der Waals surface area contributed by atoms with Crippen molar-refractivity contribution in [3.8, 4) is 0 Å². The molecule has 0 saturated heterocycles. The molecule has 0 bridgehead atoms. The van der Waals surface area contributed by atoms with Gasteiger partial charge in [0.1, 0.15) is 52.7 Å². The minimum absolute atomic E-state index is 0.356. The van der Waals surface area contributed by atoms with Crippen molar-refractivity contribution in [3.63, 3.8) is 0 Å². The topological polar surface area (TPSA) is 38.0 Å². The lowest BCUT2D eigenvalue weighted by Gasteiger charge is -2.44. The lowest BCUT2D eigenvalue weighted by atomic mass is 9.12. The number of fused-ring (bicyclic) bond motifs is 1. The molecule has 0 saturated carbocycles. The largest absolute Gasteiger partial charge is 0.224 e. The number of aromatic nitrogens is 1. The molecule has 0 unspecified atom stereocenters. The minimum atomic E-state index is -7.22. The normalized spacial score (nSPS) is 11.9. The van der Waals surface area contributed by atoms with Crippen molar-refractivity contribution in [1.29, 1.82) is 0 Å². The Morgan fingerprint density at radius 1 is 0.379 bits per heavy atom. The second kappa shape index (κ2) is 17.6. The van der Waals surface area contributed by atoms with Crippen molar-refractivity contribution in [2.24, 2.45) is 0 Å². The molecule has 66 heavy (non-hydrogen) atoms. The van der Waals surface area contributed by atoms with E-state index in [0.29, 0.717) is 11.4 Å². The molecule has 6 aromatic carbocycles. The van der Waals surface area contributed by atoms with E-state index in [9.17, 15) is 61.1 Å². The fourth-order valence-electron chi connectivity index (χ4n) is 7.27. The van der Waals surface area contributed by atoms with Gasteiger partial charge in [-0.05, 0) is 24.3 Å². The van der Waals surface area contributed by atoms with E-state index in [2.05, 4.69) is 22.8 Å². The van der Waals surface area contributed by atoms with Gasteiger partial charge in [-0.1, -0.05) is 24.3 Å². The first kappa shape index (κ1) is 48.8. The lowest BCUT2D eigenvalue weighted by Crippen LogP contribution is -2.81. The maximum absolute atomic E-state index is 15.4. The van der Waals surface area contributed by atoms with Gasteiger partial charge in [-0.15, -0.1) is 21.9 Å². The van der Waals surface area contributed by atoms with Crippen molar-refractivity contribution < 1.29 is 101 Å². The van der Waals surface area contributed by atoms with E-state index in [0.717, 1.165) is 11.1 Å². The predicted octanol–water partition coefficient (Wildman–Crippen LogP) is 8.43. The van der Waals surface area contributed by atoms with Crippen LogP contribution in [0.1, 0.15) is 5.56 Å². The van der Waals surface area contributed by atoms with E-state index in [1.165, 1.54) is 11.6 Å². The summed E-state index contributed by atoms with van der Waals surface area (Å²) in [5, 5.41) is 1.19. The molecule has 0 aliphatic rings. The second-order valence-electron chi connectivity index (χ2n) is 13.9. The fraction of sp³-hybridized carbons (Fsp3) is 0.0488. The summed E-state index contributed by atoms with van der Waals surface area (Å²) in [7, 11) is -3.13. The van der Waals surface area contributed by atoms with Crippen LogP contribution in [0.5, 0.6) is 0 Å². The SMILES string of the molecule is CS(=O)(=O)c1ccc(C[n+]2cccc3ccccc32)cc1.Fc1c(F)c(F)c([B-](c2c(F)c(F)c(F)c(F)c2F)(c2c(F)c(F)c(F)c(F)c2F)c2c(F)c(F)c(F)c(F)c2F)c(F)c1F. The van der Waals surface area contributed by atoms with Crippen LogP contribution in [0, 0.1) is 116 Å².